The summed E-state index contributed by atoms with van der Waals surface area (Å²) in [6.07, 6.45) is 0. The van der Waals surface area contributed by atoms with Crippen LogP contribution in [0.2, 0.25) is 5.02 Å². The van der Waals surface area contributed by atoms with Crippen LogP contribution in [0.5, 0.6) is 0 Å². The number of rotatable bonds is 4. The molecule has 1 rings (SSSR count). The molecule has 0 aliphatic heterocycles. The van der Waals surface area contributed by atoms with Gasteiger partial charge in [-0.05, 0) is 33.6 Å². The smallest absolute Gasteiger partial charge is 0.315 e. The fourth-order valence-electron chi connectivity index (χ4n) is 1.06. The molecule has 0 unspecified atom stereocenters. The van der Waals surface area contributed by atoms with Gasteiger partial charge >= 0.3 is 6.03 Å². The molecule has 1 aromatic rings. The monoisotopic (exact) mass is 308 g/mol. The third-order valence-electron chi connectivity index (χ3n) is 1.82. The Kier molecular flexibility index (Phi) is 5.55. The summed E-state index contributed by atoms with van der Waals surface area (Å²) in [5, 5.41) is 5.54. The molecule has 0 heterocycles. The van der Waals surface area contributed by atoms with Gasteiger partial charge in [-0.15, -0.1) is 0 Å². The van der Waals surface area contributed by atoms with Gasteiger partial charge in [-0.2, -0.15) is 0 Å². The van der Waals surface area contributed by atoms with Crippen molar-refractivity contribution in [2.75, 3.05) is 13.2 Å². The zero-order chi connectivity index (χ0) is 12.0. The van der Waals surface area contributed by atoms with E-state index in [1.54, 1.807) is 12.1 Å². The van der Waals surface area contributed by atoms with E-state index in [2.05, 4.69) is 26.6 Å². The van der Waals surface area contributed by atoms with Gasteiger partial charge in [0.05, 0.1) is 5.02 Å². The van der Waals surface area contributed by atoms with Crippen molar-refractivity contribution >= 4 is 33.6 Å². The lowest BCUT2D eigenvalue weighted by Gasteiger charge is -2.07. The highest BCUT2D eigenvalue weighted by molar-refractivity contribution is 9.10. The minimum Gasteiger partial charge on any atom is -0.336 e. The highest BCUT2D eigenvalue weighted by Crippen LogP contribution is 2.22. The predicted octanol–water partition coefficient (Wildman–Crippen LogP) is 2.87. The number of halogens is 3. The summed E-state index contributed by atoms with van der Waals surface area (Å²) >= 11 is 9.16. The molecule has 0 atom stereocenters. The van der Waals surface area contributed by atoms with Crippen LogP contribution >= 0.6 is 27.5 Å². The topological polar surface area (TPSA) is 41.1 Å². The first-order valence-electron chi connectivity index (χ1n) is 4.65. The first-order valence-corrected chi connectivity index (χ1v) is 5.82. The average Bonchev–Trinajstić information content (AvgIpc) is 2.28. The maximum absolute atomic E-state index is 11.7. The number of urea groups is 1. The number of amides is 2. The van der Waals surface area contributed by atoms with Crippen LogP contribution in [0.4, 0.5) is 9.18 Å². The number of benzene rings is 1. The van der Waals surface area contributed by atoms with E-state index >= 15 is 0 Å². The average molecular weight is 310 g/mol. The molecule has 16 heavy (non-hydrogen) atoms. The summed E-state index contributed by atoms with van der Waals surface area (Å²) in [5.74, 6) is 0. The molecule has 0 bridgehead atoms. The van der Waals surface area contributed by atoms with E-state index in [9.17, 15) is 9.18 Å². The third kappa shape index (κ3) is 4.37. The summed E-state index contributed by atoms with van der Waals surface area (Å²) in [6, 6.07) is 5.00. The Hall–Kier alpha value is -0.810. The van der Waals surface area contributed by atoms with E-state index in [0.717, 1.165) is 10.0 Å². The largest absolute Gasteiger partial charge is 0.336 e. The van der Waals surface area contributed by atoms with Crippen molar-refractivity contribution in [3.05, 3.63) is 33.3 Å². The van der Waals surface area contributed by atoms with Crippen LogP contribution < -0.4 is 10.6 Å². The lowest BCUT2D eigenvalue weighted by molar-refractivity contribution is 0.239. The summed E-state index contributed by atoms with van der Waals surface area (Å²) < 4.78 is 12.6. The van der Waals surface area contributed by atoms with Gasteiger partial charge in [0.15, 0.2) is 0 Å². The van der Waals surface area contributed by atoms with E-state index in [1.165, 1.54) is 0 Å². The number of nitrogens with one attached hydrogen (secondary N) is 2. The molecule has 0 aliphatic rings. The molecule has 2 N–H and O–H groups in total. The number of carbonyl (C=O) groups excluding carboxylic acids is 1. The Labute approximate surface area is 106 Å². The third-order valence-corrected chi connectivity index (χ3v) is 3.05. The summed E-state index contributed by atoms with van der Waals surface area (Å²) in [4.78, 5) is 11.1. The molecule has 0 aliphatic carbocycles. The second-order valence-corrected chi connectivity index (χ2v) is 4.31. The van der Waals surface area contributed by atoms with Crippen molar-refractivity contribution < 1.29 is 9.18 Å². The lowest BCUT2D eigenvalue weighted by atomic mass is 10.2. The number of carbonyl (C=O) groups is 1. The van der Waals surface area contributed by atoms with Crippen LogP contribution in [0.3, 0.4) is 0 Å². The van der Waals surface area contributed by atoms with Gasteiger partial charge in [-0.1, -0.05) is 17.7 Å². The van der Waals surface area contributed by atoms with Crippen molar-refractivity contribution in [3.63, 3.8) is 0 Å². The molecule has 0 spiro atoms. The SMILES string of the molecule is O=C(NCCF)NCc1ccc(Br)c(Cl)c1. The molecule has 3 nitrogen and oxygen atoms in total. The quantitative estimate of drug-likeness (QED) is 0.882. The molecule has 0 fully saturated rings. The number of alkyl halides is 1. The highest BCUT2D eigenvalue weighted by Gasteiger charge is 2.01. The van der Waals surface area contributed by atoms with Crippen LogP contribution in [0, 0.1) is 0 Å². The summed E-state index contributed by atoms with van der Waals surface area (Å²) in [6.45, 7) is -0.199. The van der Waals surface area contributed by atoms with Crippen molar-refractivity contribution in [3.8, 4) is 0 Å². The Morgan fingerprint density at radius 1 is 1.44 bits per heavy atom. The van der Waals surface area contributed by atoms with Gasteiger partial charge in [0, 0.05) is 17.6 Å². The Balaban J connectivity index is 2.42. The molecule has 1 aromatic carbocycles. The van der Waals surface area contributed by atoms with Gasteiger partial charge in [0.2, 0.25) is 0 Å². The molecule has 2 amide bonds. The molecule has 0 radical (unpaired) electrons. The molecule has 6 heteroatoms. The second kappa shape index (κ2) is 6.70. The minimum absolute atomic E-state index is 0.0208. The number of hydrogen-bond acceptors (Lipinski definition) is 1. The van der Waals surface area contributed by atoms with Crippen molar-refractivity contribution in [2.24, 2.45) is 0 Å². The first-order chi connectivity index (χ1) is 7.63. The van der Waals surface area contributed by atoms with E-state index in [0.29, 0.717) is 11.6 Å². The fraction of sp³-hybridized carbons (Fsp3) is 0.300. The van der Waals surface area contributed by atoms with Crippen LogP contribution in [-0.2, 0) is 6.54 Å². The maximum Gasteiger partial charge on any atom is 0.315 e. The standard InChI is InChI=1S/C10H11BrClFN2O/c11-8-2-1-7(5-9(8)12)6-15-10(16)14-4-3-13/h1-2,5H,3-4,6H2,(H2,14,15,16). The van der Waals surface area contributed by atoms with Gasteiger partial charge in [0.25, 0.3) is 0 Å². The Morgan fingerprint density at radius 2 is 2.19 bits per heavy atom. The minimum atomic E-state index is -0.572. The number of hydrogen-bond donors (Lipinski definition) is 2. The molecule has 0 aromatic heterocycles. The Morgan fingerprint density at radius 3 is 2.81 bits per heavy atom. The van der Waals surface area contributed by atoms with Crippen LogP contribution in [-0.4, -0.2) is 19.3 Å². The zero-order valence-electron chi connectivity index (χ0n) is 8.40. The van der Waals surface area contributed by atoms with Crippen molar-refractivity contribution in [1.82, 2.24) is 10.6 Å². The molecular formula is C10H11BrClFN2O. The van der Waals surface area contributed by atoms with E-state index < -0.39 is 12.7 Å². The van der Waals surface area contributed by atoms with E-state index in [-0.39, 0.29) is 6.54 Å². The maximum atomic E-state index is 11.7. The van der Waals surface area contributed by atoms with Gasteiger partial charge < -0.3 is 10.6 Å². The molecular weight excluding hydrogens is 298 g/mol. The van der Waals surface area contributed by atoms with E-state index in [1.807, 2.05) is 6.07 Å². The zero-order valence-corrected chi connectivity index (χ0v) is 10.7. The normalized spacial score (nSPS) is 9.94. The Bertz CT molecular complexity index is 376. The fourth-order valence-corrected chi connectivity index (χ4v) is 1.50. The molecule has 88 valence electrons. The van der Waals surface area contributed by atoms with Crippen molar-refractivity contribution in [2.45, 2.75) is 6.54 Å². The van der Waals surface area contributed by atoms with Crippen LogP contribution in [0.1, 0.15) is 5.56 Å². The summed E-state index contributed by atoms with van der Waals surface area (Å²) in [5.41, 5.74) is 0.878. The van der Waals surface area contributed by atoms with Gasteiger partial charge in [-0.25, -0.2) is 9.18 Å². The van der Waals surface area contributed by atoms with Crippen molar-refractivity contribution in [1.29, 1.82) is 0 Å². The summed E-state index contributed by atoms with van der Waals surface area (Å²) in [7, 11) is 0. The first kappa shape index (κ1) is 13.3. The van der Waals surface area contributed by atoms with Gasteiger partial charge in [-0.3, -0.25) is 0 Å². The highest BCUT2D eigenvalue weighted by atomic mass is 79.9. The molecule has 0 saturated heterocycles. The van der Waals surface area contributed by atoms with Crippen LogP contribution in [0.25, 0.3) is 0 Å². The predicted molar refractivity (Wildman–Crippen MR) is 65.4 cm³/mol. The second-order valence-electron chi connectivity index (χ2n) is 3.05. The van der Waals surface area contributed by atoms with Crippen LogP contribution in [0.15, 0.2) is 22.7 Å². The van der Waals surface area contributed by atoms with E-state index in [4.69, 9.17) is 11.6 Å². The van der Waals surface area contributed by atoms with Gasteiger partial charge in [0.1, 0.15) is 6.67 Å². The lowest BCUT2D eigenvalue weighted by Crippen LogP contribution is -2.36. The molecule has 0 saturated carbocycles.